The number of carbonyl (C=O) groups is 2. The molecule has 4 aliphatic carbocycles. The fraction of sp³-hybridized carbons (Fsp3) is 0.538. The molecule has 0 aromatic heterocycles. The second-order valence-corrected chi connectivity index (χ2v) is 31.4. The molecule has 14 nitrogen and oxygen atoms in total. The summed E-state index contributed by atoms with van der Waals surface area (Å²) in [5.74, 6) is 1.00. The lowest BCUT2D eigenvalue weighted by molar-refractivity contribution is 0.0175. The third kappa shape index (κ3) is 12.1. The molecular formula is C65H82Cl2N4O10S2. The fourth-order valence-corrected chi connectivity index (χ4v) is 16.4. The van der Waals surface area contributed by atoms with Gasteiger partial charge in [-0.2, -0.15) is 0 Å². The number of amides is 2. The first-order valence-electron chi connectivity index (χ1n) is 29.4. The van der Waals surface area contributed by atoms with Crippen molar-refractivity contribution in [3.8, 4) is 11.5 Å². The molecular weight excluding hydrogens is 1130 g/mol. The number of nitrogens with one attached hydrogen (secondary N) is 2. The van der Waals surface area contributed by atoms with Crippen LogP contribution in [0.3, 0.4) is 0 Å². The maximum atomic E-state index is 13.3. The van der Waals surface area contributed by atoms with Gasteiger partial charge in [-0.3, -0.25) is 9.59 Å². The van der Waals surface area contributed by atoms with Crippen molar-refractivity contribution in [3.05, 3.63) is 141 Å². The van der Waals surface area contributed by atoms with Gasteiger partial charge in [0.25, 0.3) is 11.8 Å². The average Bonchev–Trinajstić information content (AvgIpc) is 3.64. The van der Waals surface area contributed by atoms with E-state index in [-0.39, 0.29) is 54.1 Å². The normalized spacial score (nSPS) is 31.1. The Morgan fingerprint density at radius 2 is 0.976 bits per heavy atom. The standard InChI is InChI=1S/2C32H39ClN2O5S.CH4/c2*1-31(2)14-4-3-7-28(36)25-11-8-23(25)18-35-19-32(15-5-6-21-16-24(33)10-12-26(21)32)20-40-29-13-9-22(17-27(29)35)30(37)34-41(31,38)39;/h2*3-4,9-10,12-13,16-17,23,25,28,36H,5-8,11,14-15,18-20H2,1-2H3,(H,34,37);1H4/b4-3+;4-3-;/t2*23-,25+,28-,32-;/m00./s1. The summed E-state index contributed by atoms with van der Waals surface area (Å²) in [5.41, 5.74) is 6.65. The number of sulfonamides is 2. The minimum Gasteiger partial charge on any atom is -0.490 e. The highest BCUT2D eigenvalue weighted by Gasteiger charge is 2.47. The summed E-state index contributed by atoms with van der Waals surface area (Å²) in [5, 5.41) is 23.7. The number of anilines is 2. The van der Waals surface area contributed by atoms with E-state index >= 15 is 0 Å². The van der Waals surface area contributed by atoms with Crippen molar-refractivity contribution in [2.24, 2.45) is 23.7 Å². The topological polar surface area (TPSA) is 192 Å². The van der Waals surface area contributed by atoms with Gasteiger partial charge in [0, 0.05) is 58.2 Å². The lowest BCUT2D eigenvalue weighted by atomic mass is 9.68. The smallest absolute Gasteiger partial charge is 0.264 e. The summed E-state index contributed by atoms with van der Waals surface area (Å²) in [6.45, 7) is 10.3. The number of aryl methyl sites for hydroxylation is 2. The van der Waals surface area contributed by atoms with Crippen LogP contribution in [0.2, 0.25) is 10.0 Å². The van der Waals surface area contributed by atoms with Crippen LogP contribution in [0.25, 0.3) is 0 Å². The van der Waals surface area contributed by atoms with Crippen LogP contribution in [0.4, 0.5) is 11.4 Å². The third-order valence-corrected chi connectivity index (χ3v) is 24.3. The van der Waals surface area contributed by atoms with Crippen LogP contribution in [0.1, 0.15) is 155 Å². The number of ether oxygens (including phenoxy) is 2. The molecule has 83 heavy (non-hydrogen) atoms. The molecule has 4 bridgehead atoms. The van der Waals surface area contributed by atoms with Crippen molar-refractivity contribution in [2.45, 2.75) is 158 Å². The number of allylic oxidation sites excluding steroid dienone is 2. The van der Waals surface area contributed by atoms with Gasteiger partial charge in [-0.15, -0.1) is 0 Å². The molecule has 4 heterocycles. The molecule has 4 aliphatic heterocycles. The Morgan fingerprint density at radius 1 is 0.566 bits per heavy atom. The van der Waals surface area contributed by atoms with Crippen molar-refractivity contribution in [2.75, 3.05) is 49.2 Å². The van der Waals surface area contributed by atoms with Gasteiger partial charge < -0.3 is 29.5 Å². The molecule has 2 spiro atoms. The first kappa shape index (κ1) is 61.0. The summed E-state index contributed by atoms with van der Waals surface area (Å²) in [6, 6.07) is 22.7. The van der Waals surface area contributed by atoms with Gasteiger partial charge in [0.15, 0.2) is 0 Å². The number of benzene rings is 4. The van der Waals surface area contributed by atoms with E-state index in [1.54, 1.807) is 64.1 Å². The van der Waals surface area contributed by atoms with Gasteiger partial charge in [0.1, 0.15) is 11.5 Å². The number of hydrogen-bond acceptors (Lipinski definition) is 12. The van der Waals surface area contributed by atoms with Gasteiger partial charge >= 0.3 is 0 Å². The van der Waals surface area contributed by atoms with Crippen molar-refractivity contribution in [3.63, 3.8) is 0 Å². The molecule has 0 saturated heterocycles. The summed E-state index contributed by atoms with van der Waals surface area (Å²) in [4.78, 5) is 31.3. The van der Waals surface area contributed by atoms with Gasteiger partial charge in [0.2, 0.25) is 20.0 Å². The molecule has 4 aromatic rings. The molecule has 2 saturated carbocycles. The molecule has 4 aromatic carbocycles. The monoisotopic (exact) mass is 1210 g/mol. The first-order valence-corrected chi connectivity index (χ1v) is 33.1. The Balaban J connectivity index is 0.000000183. The molecule has 0 unspecified atom stereocenters. The Bertz CT molecular complexity index is 3200. The zero-order valence-corrected chi connectivity index (χ0v) is 50.6. The Morgan fingerprint density at radius 3 is 1.36 bits per heavy atom. The van der Waals surface area contributed by atoms with E-state index in [1.165, 1.54) is 22.3 Å². The highest BCUT2D eigenvalue weighted by Crippen LogP contribution is 2.49. The summed E-state index contributed by atoms with van der Waals surface area (Å²) in [6.07, 6.45) is 17.7. The number of aliphatic hydroxyl groups is 2. The van der Waals surface area contributed by atoms with Crippen LogP contribution < -0.4 is 28.7 Å². The van der Waals surface area contributed by atoms with E-state index < -0.39 is 53.6 Å². The number of carbonyl (C=O) groups excluding carboxylic acids is 2. The number of rotatable bonds is 0. The van der Waals surface area contributed by atoms with Crippen molar-refractivity contribution in [1.82, 2.24) is 9.44 Å². The maximum absolute atomic E-state index is 13.3. The van der Waals surface area contributed by atoms with Gasteiger partial charge in [-0.05, 0) is 224 Å². The van der Waals surface area contributed by atoms with E-state index in [9.17, 15) is 36.6 Å². The molecule has 2 amide bonds. The van der Waals surface area contributed by atoms with Gasteiger partial charge in [-0.1, -0.05) is 67.1 Å². The number of fused-ring (bicyclic) bond motifs is 8. The molecule has 12 rings (SSSR count). The second-order valence-electron chi connectivity index (χ2n) is 25.9. The molecule has 18 heteroatoms. The Hall–Kier alpha value is -5.10. The maximum Gasteiger partial charge on any atom is 0.264 e. The van der Waals surface area contributed by atoms with Crippen LogP contribution in [-0.4, -0.2) is 100.0 Å². The van der Waals surface area contributed by atoms with Crippen molar-refractivity contribution < 1.29 is 46.1 Å². The SMILES string of the molecule is C.CC1(C)C/C=C/C[C@H](O)[C@@H]2CC[C@H]2CN2C[C@@]3(CCCc4cc(Cl)ccc43)COc3ccc(cc32)C(=O)NS1(=O)=O.CC1(C)C/C=C\C[C@H](O)[C@@H]2CC[C@H]2CN2C[C@@]3(CCCc4cc(Cl)ccc43)COc3ccc(cc32)C(=O)NS1(=O)=O. The highest BCUT2D eigenvalue weighted by atomic mass is 35.5. The lowest BCUT2D eigenvalue weighted by Gasteiger charge is -2.45. The number of aliphatic hydroxyl groups excluding tert-OH is 2. The van der Waals surface area contributed by atoms with E-state index in [2.05, 4.69) is 43.5 Å². The Kier molecular flexibility index (Phi) is 17.4. The number of halogens is 2. The van der Waals surface area contributed by atoms with Gasteiger partial charge in [-0.25, -0.2) is 26.3 Å². The molecule has 4 N–H and O–H groups in total. The van der Waals surface area contributed by atoms with Crippen LogP contribution in [0.15, 0.2) is 97.1 Å². The van der Waals surface area contributed by atoms with Crippen LogP contribution in [-0.2, 0) is 43.7 Å². The number of nitrogens with zero attached hydrogens (tertiary/aromatic N) is 2. The van der Waals surface area contributed by atoms with Crippen LogP contribution >= 0.6 is 23.2 Å². The lowest BCUT2D eigenvalue weighted by Crippen LogP contribution is -2.49. The second kappa shape index (κ2) is 23.6. The summed E-state index contributed by atoms with van der Waals surface area (Å²) < 4.78 is 68.2. The van der Waals surface area contributed by atoms with Crippen molar-refractivity contribution >= 4 is 66.4 Å². The zero-order chi connectivity index (χ0) is 58.0. The largest absolute Gasteiger partial charge is 0.490 e. The quantitative estimate of drug-likeness (QED) is 0.122. The first-order chi connectivity index (χ1) is 39.0. The number of hydrogen-bond donors (Lipinski definition) is 4. The third-order valence-electron chi connectivity index (χ3n) is 19.7. The van der Waals surface area contributed by atoms with Crippen LogP contribution in [0, 0.1) is 23.7 Å². The predicted molar refractivity (Wildman–Crippen MR) is 329 cm³/mol. The predicted octanol–water partition coefficient (Wildman–Crippen LogP) is 11.4. The molecule has 448 valence electrons. The van der Waals surface area contributed by atoms with Crippen molar-refractivity contribution in [1.29, 1.82) is 0 Å². The molecule has 2 fully saturated rings. The minimum absolute atomic E-state index is 0. The summed E-state index contributed by atoms with van der Waals surface area (Å²) in [7, 11) is -7.96. The molecule has 8 atom stereocenters. The average molecular weight is 1210 g/mol. The van der Waals surface area contributed by atoms with E-state index in [0.717, 1.165) is 98.7 Å². The van der Waals surface area contributed by atoms with E-state index in [0.29, 0.717) is 62.5 Å². The van der Waals surface area contributed by atoms with Gasteiger partial charge in [0.05, 0.1) is 46.3 Å². The van der Waals surface area contributed by atoms with Crippen LogP contribution in [0.5, 0.6) is 11.5 Å². The van der Waals surface area contributed by atoms with E-state index in [4.69, 9.17) is 32.7 Å². The molecule has 0 radical (unpaired) electrons. The van der Waals surface area contributed by atoms with E-state index in [1.807, 2.05) is 36.4 Å². The zero-order valence-electron chi connectivity index (χ0n) is 47.5. The summed E-state index contributed by atoms with van der Waals surface area (Å²) >= 11 is 12.8. The molecule has 8 aliphatic rings. The highest BCUT2D eigenvalue weighted by molar-refractivity contribution is 7.91. The Labute approximate surface area is 501 Å². The fourth-order valence-electron chi connectivity index (χ4n) is 14.1. The minimum atomic E-state index is -3.98.